The average molecular weight is 370 g/mol. The minimum absolute atomic E-state index is 0.0962. The van der Waals surface area contributed by atoms with Gasteiger partial charge in [-0.05, 0) is 42.7 Å². The van der Waals surface area contributed by atoms with Gasteiger partial charge in [0.1, 0.15) is 5.54 Å². The van der Waals surface area contributed by atoms with Crippen molar-refractivity contribution in [1.29, 1.82) is 0 Å². The molecule has 1 aliphatic carbocycles. The predicted octanol–water partition coefficient (Wildman–Crippen LogP) is 3.89. The number of nitrogens with zero attached hydrogens (tertiary/aromatic N) is 1. The van der Waals surface area contributed by atoms with Crippen molar-refractivity contribution in [3.8, 4) is 0 Å². The summed E-state index contributed by atoms with van der Waals surface area (Å²) in [6.07, 6.45) is 3.58. The number of rotatable bonds is 3. The van der Waals surface area contributed by atoms with E-state index >= 15 is 0 Å². The van der Waals surface area contributed by atoms with Crippen molar-refractivity contribution in [3.63, 3.8) is 0 Å². The molecule has 2 heterocycles. The Labute approximate surface area is 156 Å². The van der Waals surface area contributed by atoms with Crippen molar-refractivity contribution in [3.05, 3.63) is 34.7 Å². The summed E-state index contributed by atoms with van der Waals surface area (Å²) in [5.74, 6) is -0.312. The number of imide groups is 1. The lowest BCUT2D eigenvalue weighted by molar-refractivity contribution is -0.133. The summed E-state index contributed by atoms with van der Waals surface area (Å²) < 4.78 is 1.04. The van der Waals surface area contributed by atoms with E-state index in [1.807, 2.05) is 38.1 Å². The highest BCUT2D eigenvalue weighted by atomic mass is 32.1. The van der Waals surface area contributed by atoms with Gasteiger partial charge in [-0.2, -0.15) is 0 Å². The maximum Gasteiger partial charge on any atom is 0.325 e. The molecule has 4 rings (SSSR count). The lowest BCUT2D eigenvalue weighted by Crippen LogP contribution is -2.54. The standard InChI is InChI=1S/C20H22N2O3S/c1-12-7-5-6-10-20(12)18(24)22(19(25)21-20)11-15(23)17-13(2)14-8-3-4-9-16(14)26-17/h3-4,8-9,12H,5-7,10-11H2,1-2H3,(H,21,25)/t12-,20-/m0/s1. The first-order valence-electron chi connectivity index (χ1n) is 9.09. The summed E-state index contributed by atoms with van der Waals surface area (Å²) in [4.78, 5) is 40.1. The maximum atomic E-state index is 13.0. The third-order valence-electron chi connectivity index (χ3n) is 5.90. The average Bonchev–Trinajstić information content (AvgIpc) is 3.08. The minimum atomic E-state index is -0.815. The van der Waals surface area contributed by atoms with Crippen LogP contribution >= 0.6 is 11.3 Å². The Morgan fingerprint density at radius 1 is 1.31 bits per heavy atom. The molecule has 1 aliphatic heterocycles. The highest BCUT2D eigenvalue weighted by Crippen LogP contribution is 2.38. The summed E-state index contributed by atoms with van der Waals surface area (Å²) in [6.45, 7) is 3.74. The normalized spacial score (nSPS) is 25.9. The molecule has 1 spiro atoms. The molecular formula is C20H22N2O3S. The fraction of sp³-hybridized carbons (Fsp3) is 0.450. The number of ketones is 1. The molecule has 5 nitrogen and oxygen atoms in total. The topological polar surface area (TPSA) is 66.5 Å². The number of thiophene rings is 1. The molecule has 0 bridgehead atoms. The minimum Gasteiger partial charge on any atom is -0.323 e. The molecule has 26 heavy (non-hydrogen) atoms. The number of carbonyl (C=O) groups excluding carboxylic acids is 3. The van der Waals surface area contributed by atoms with Crippen molar-refractivity contribution in [1.82, 2.24) is 10.2 Å². The zero-order valence-electron chi connectivity index (χ0n) is 15.0. The number of amides is 3. The van der Waals surface area contributed by atoms with Crippen molar-refractivity contribution in [2.75, 3.05) is 6.54 Å². The van der Waals surface area contributed by atoms with Crippen LogP contribution in [0.2, 0.25) is 0 Å². The zero-order valence-corrected chi connectivity index (χ0v) is 15.8. The Morgan fingerprint density at radius 2 is 2.08 bits per heavy atom. The Balaban J connectivity index is 1.60. The van der Waals surface area contributed by atoms with Gasteiger partial charge in [0.25, 0.3) is 5.91 Å². The molecule has 2 aliphatic rings. The van der Waals surface area contributed by atoms with Crippen molar-refractivity contribution < 1.29 is 14.4 Å². The van der Waals surface area contributed by atoms with E-state index < -0.39 is 11.6 Å². The molecule has 2 fully saturated rings. The maximum absolute atomic E-state index is 13.0. The van der Waals surface area contributed by atoms with Crippen LogP contribution in [0, 0.1) is 12.8 Å². The Bertz CT molecular complexity index is 919. The molecule has 1 aromatic heterocycles. The van der Waals surface area contributed by atoms with Crippen LogP contribution in [0.1, 0.15) is 47.8 Å². The van der Waals surface area contributed by atoms with E-state index in [0.717, 1.165) is 39.8 Å². The van der Waals surface area contributed by atoms with E-state index in [1.165, 1.54) is 11.3 Å². The second-order valence-electron chi connectivity index (χ2n) is 7.42. The van der Waals surface area contributed by atoms with Gasteiger partial charge in [0.05, 0.1) is 11.4 Å². The molecule has 0 unspecified atom stereocenters. The summed E-state index contributed by atoms with van der Waals surface area (Å²) in [5.41, 5.74) is 0.105. The molecule has 0 radical (unpaired) electrons. The number of hydrogen-bond acceptors (Lipinski definition) is 4. The highest BCUT2D eigenvalue weighted by molar-refractivity contribution is 7.21. The first kappa shape index (κ1) is 17.2. The second-order valence-corrected chi connectivity index (χ2v) is 8.47. The van der Waals surface area contributed by atoms with Gasteiger partial charge in [0.15, 0.2) is 5.78 Å². The van der Waals surface area contributed by atoms with Gasteiger partial charge in [0.2, 0.25) is 0 Å². The quantitative estimate of drug-likeness (QED) is 0.658. The number of benzene rings is 1. The SMILES string of the molecule is Cc1c(C(=O)CN2C(=O)N[C@]3(CCCC[C@@H]3C)C2=O)sc2ccccc12. The number of nitrogens with one attached hydrogen (secondary N) is 1. The summed E-state index contributed by atoms with van der Waals surface area (Å²) in [7, 11) is 0. The smallest absolute Gasteiger partial charge is 0.323 e. The molecule has 136 valence electrons. The zero-order chi connectivity index (χ0) is 18.5. The van der Waals surface area contributed by atoms with Gasteiger partial charge < -0.3 is 5.32 Å². The Kier molecular flexibility index (Phi) is 4.10. The van der Waals surface area contributed by atoms with Gasteiger partial charge in [-0.3, -0.25) is 14.5 Å². The molecule has 1 aromatic carbocycles. The molecule has 1 saturated heterocycles. The van der Waals surface area contributed by atoms with E-state index in [-0.39, 0.29) is 24.2 Å². The number of fused-ring (bicyclic) bond motifs is 1. The van der Waals surface area contributed by atoms with Crippen LogP contribution in [-0.2, 0) is 4.79 Å². The van der Waals surface area contributed by atoms with Crippen LogP contribution < -0.4 is 5.32 Å². The fourth-order valence-electron chi connectivity index (χ4n) is 4.29. The van der Waals surface area contributed by atoms with Crippen LogP contribution in [0.5, 0.6) is 0 Å². The molecule has 1 N–H and O–H groups in total. The van der Waals surface area contributed by atoms with E-state index in [2.05, 4.69) is 5.32 Å². The molecule has 2 atom stereocenters. The fourth-order valence-corrected chi connectivity index (χ4v) is 5.43. The second kappa shape index (κ2) is 6.20. The van der Waals surface area contributed by atoms with Crippen LogP contribution in [-0.4, -0.2) is 34.7 Å². The predicted molar refractivity (Wildman–Crippen MR) is 102 cm³/mol. The summed E-state index contributed by atoms with van der Waals surface area (Å²) >= 11 is 1.43. The van der Waals surface area contributed by atoms with Crippen molar-refractivity contribution in [2.45, 2.75) is 45.1 Å². The Morgan fingerprint density at radius 3 is 2.81 bits per heavy atom. The molecule has 2 aromatic rings. The number of urea groups is 1. The number of carbonyl (C=O) groups is 3. The largest absolute Gasteiger partial charge is 0.325 e. The number of Topliss-reactive ketones (excluding diaryl/α,β-unsaturated/α-hetero) is 1. The third-order valence-corrected chi connectivity index (χ3v) is 7.21. The van der Waals surface area contributed by atoms with E-state index in [0.29, 0.717) is 11.3 Å². The van der Waals surface area contributed by atoms with Crippen LogP contribution in [0.4, 0.5) is 4.79 Å². The van der Waals surface area contributed by atoms with Gasteiger partial charge in [-0.15, -0.1) is 11.3 Å². The monoisotopic (exact) mass is 370 g/mol. The van der Waals surface area contributed by atoms with E-state index in [1.54, 1.807) is 0 Å². The van der Waals surface area contributed by atoms with Crippen molar-refractivity contribution in [2.24, 2.45) is 5.92 Å². The highest BCUT2D eigenvalue weighted by Gasteiger charge is 2.55. The van der Waals surface area contributed by atoms with Gasteiger partial charge >= 0.3 is 6.03 Å². The number of hydrogen-bond donors (Lipinski definition) is 1. The number of aryl methyl sites for hydroxylation is 1. The Hall–Kier alpha value is -2.21. The van der Waals surface area contributed by atoms with Crippen molar-refractivity contribution >= 4 is 39.1 Å². The van der Waals surface area contributed by atoms with E-state index in [4.69, 9.17) is 0 Å². The van der Waals surface area contributed by atoms with E-state index in [9.17, 15) is 14.4 Å². The summed E-state index contributed by atoms with van der Waals surface area (Å²) in [6, 6.07) is 7.43. The lowest BCUT2D eigenvalue weighted by atomic mass is 9.73. The molecular weight excluding hydrogens is 348 g/mol. The molecule has 3 amide bonds. The van der Waals surface area contributed by atoms with Crippen LogP contribution in [0.25, 0.3) is 10.1 Å². The lowest BCUT2D eigenvalue weighted by Gasteiger charge is -2.36. The summed E-state index contributed by atoms with van der Waals surface area (Å²) in [5, 5.41) is 3.96. The third kappa shape index (κ3) is 2.47. The van der Waals surface area contributed by atoms with Crippen LogP contribution in [0.15, 0.2) is 24.3 Å². The van der Waals surface area contributed by atoms with Crippen LogP contribution in [0.3, 0.4) is 0 Å². The first-order valence-corrected chi connectivity index (χ1v) is 9.91. The molecule has 6 heteroatoms. The van der Waals surface area contributed by atoms with Gasteiger partial charge in [-0.25, -0.2) is 4.79 Å². The molecule has 1 saturated carbocycles. The van der Waals surface area contributed by atoms with Gasteiger partial charge in [0, 0.05) is 4.70 Å². The first-order chi connectivity index (χ1) is 12.4. The van der Waals surface area contributed by atoms with Gasteiger partial charge in [-0.1, -0.05) is 38.0 Å².